The molecule has 2 fully saturated rings. The van der Waals surface area contributed by atoms with E-state index in [0.29, 0.717) is 48.9 Å². The third kappa shape index (κ3) is 5.93. The van der Waals surface area contributed by atoms with Gasteiger partial charge >= 0.3 is 0 Å². The largest absolute Gasteiger partial charge is 0.388 e. The lowest BCUT2D eigenvalue weighted by molar-refractivity contribution is -0.142. The number of likely N-dealkylation sites (tertiary alicyclic amines) is 2. The maximum atomic E-state index is 15.7. The predicted octanol–water partition coefficient (Wildman–Crippen LogP) is 4.95. The summed E-state index contributed by atoms with van der Waals surface area (Å²) in [6.45, 7) is 1.28. The van der Waals surface area contributed by atoms with E-state index in [9.17, 15) is 19.5 Å². The molecule has 0 unspecified atom stereocenters. The van der Waals surface area contributed by atoms with Gasteiger partial charge in [-0.05, 0) is 37.0 Å². The van der Waals surface area contributed by atoms with Crippen molar-refractivity contribution < 1.29 is 19.1 Å². The van der Waals surface area contributed by atoms with E-state index in [0.717, 1.165) is 16.9 Å². The van der Waals surface area contributed by atoms with Gasteiger partial charge in [0.25, 0.3) is 11.5 Å². The summed E-state index contributed by atoms with van der Waals surface area (Å²) in [6.07, 6.45) is 7.36. The minimum atomic E-state index is -1.17. The molecule has 5 aromatic rings. The van der Waals surface area contributed by atoms with Crippen LogP contribution in [0, 0.1) is 11.7 Å². The molecule has 1 N–H and O–H groups in total. The summed E-state index contributed by atoms with van der Waals surface area (Å²) in [5, 5.41) is 12.0. The molecule has 4 aromatic heterocycles. The van der Waals surface area contributed by atoms with Gasteiger partial charge in [0.1, 0.15) is 21.2 Å². The lowest BCUT2D eigenvalue weighted by Crippen LogP contribution is -2.53. The first-order valence-electron chi connectivity index (χ1n) is 15.9. The number of hydrogen-bond donors (Lipinski definition) is 1. The Morgan fingerprint density at radius 2 is 1.85 bits per heavy atom. The molecule has 48 heavy (non-hydrogen) atoms. The van der Waals surface area contributed by atoms with E-state index in [1.165, 1.54) is 17.1 Å². The number of aryl methyl sites for hydroxylation is 1. The van der Waals surface area contributed by atoms with Gasteiger partial charge in [-0.3, -0.25) is 23.9 Å². The smallest absolute Gasteiger partial charge is 0.267 e. The van der Waals surface area contributed by atoms with E-state index < -0.39 is 23.2 Å². The van der Waals surface area contributed by atoms with Crippen LogP contribution in [0.25, 0.3) is 22.2 Å². The summed E-state index contributed by atoms with van der Waals surface area (Å²) in [5.41, 5.74) is 0.789. The Balaban J connectivity index is 1.06. The van der Waals surface area contributed by atoms with Gasteiger partial charge in [0, 0.05) is 74.8 Å². The fraction of sp³-hybridized carbons (Fsp3) is 0.343. The molecular weight excluding hydrogens is 655 g/mol. The number of amides is 2. The number of aliphatic hydroxyl groups is 1. The van der Waals surface area contributed by atoms with Crippen LogP contribution in [-0.2, 0) is 18.4 Å². The molecular formula is C35H34ClFN6O4S. The highest BCUT2D eigenvalue weighted by Crippen LogP contribution is 2.41. The van der Waals surface area contributed by atoms with E-state index in [1.54, 1.807) is 45.0 Å². The number of piperidine rings is 2. The van der Waals surface area contributed by atoms with Gasteiger partial charge < -0.3 is 19.5 Å². The number of carbonyl (C=O) groups excluding carboxylic acids is 2. The van der Waals surface area contributed by atoms with Crippen molar-refractivity contribution in [3.63, 3.8) is 0 Å². The van der Waals surface area contributed by atoms with Crippen LogP contribution in [0.1, 0.15) is 40.4 Å². The number of carbonyl (C=O) groups is 2. The zero-order valence-corrected chi connectivity index (χ0v) is 27.8. The molecule has 0 aliphatic carbocycles. The Bertz CT molecular complexity index is 2040. The van der Waals surface area contributed by atoms with E-state index in [2.05, 4.69) is 9.97 Å². The molecule has 0 radical (unpaired) electrons. The average molecular weight is 689 g/mol. The summed E-state index contributed by atoms with van der Waals surface area (Å²) < 4.78 is 19.1. The number of rotatable bonds is 6. The summed E-state index contributed by atoms with van der Waals surface area (Å²) in [7, 11) is 1.82. The summed E-state index contributed by atoms with van der Waals surface area (Å²) in [5.74, 6) is -1.87. The van der Waals surface area contributed by atoms with Gasteiger partial charge in [-0.1, -0.05) is 48.0 Å². The maximum absolute atomic E-state index is 15.7. The van der Waals surface area contributed by atoms with Crippen LogP contribution in [-0.4, -0.2) is 77.6 Å². The van der Waals surface area contributed by atoms with E-state index in [-0.39, 0.29) is 51.8 Å². The second-order valence-corrected chi connectivity index (χ2v) is 14.3. The van der Waals surface area contributed by atoms with Gasteiger partial charge in [0.05, 0.1) is 17.5 Å². The molecule has 10 nitrogen and oxygen atoms in total. The van der Waals surface area contributed by atoms with Gasteiger partial charge in [0.2, 0.25) is 5.91 Å². The van der Waals surface area contributed by atoms with E-state index >= 15 is 4.39 Å². The van der Waals surface area contributed by atoms with Crippen molar-refractivity contribution in [1.29, 1.82) is 0 Å². The lowest BCUT2D eigenvalue weighted by Gasteiger charge is -2.43. The zero-order chi connectivity index (χ0) is 33.6. The Kier molecular flexibility index (Phi) is 8.65. The summed E-state index contributed by atoms with van der Waals surface area (Å²) >= 11 is 7.34. The number of thiophene rings is 1. The molecule has 1 aromatic carbocycles. The average Bonchev–Trinajstić information content (AvgIpc) is 3.64. The first kappa shape index (κ1) is 32.2. The van der Waals surface area contributed by atoms with E-state index in [1.807, 2.05) is 37.4 Å². The van der Waals surface area contributed by atoms with Crippen molar-refractivity contribution in [2.75, 3.05) is 26.2 Å². The molecule has 2 atom stereocenters. The summed E-state index contributed by atoms with van der Waals surface area (Å²) in [6, 6.07) is 14.7. The second-order valence-electron chi connectivity index (χ2n) is 12.7. The number of halogens is 2. The molecule has 7 rings (SSSR count). The van der Waals surface area contributed by atoms with Crippen LogP contribution in [0.15, 0.2) is 78.2 Å². The monoisotopic (exact) mass is 688 g/mol. The van der Waals surface area contributed by atoms with Crippen molar-refractivity contribution in [2.24, 2.45) is 13.0 Å². The van der Waals surface area contributed by atoms with Crippen LogP contribution >= 0.6 is 22.9 Å². The van der Waals surface area contributed by atoms with Crippen LogP contribution < -0.4 is 5.56 Å². The number of fused-ring (bicyclic) bond motifs is 1. The second kappa shape index (κ2) is 12.9. The Hall–Kier alpha value is -4.39. The predicted molar refractivity (Wildman–Crippen MR) is 181 cm³/mol. The molecule has 0 spiro atoms. The minimum absolute atomic E-state index is 0.0354. The highest BCUT2D eigenvalue weighted by Gasteiger charge is 2.42. The maximum Gasteiger partial charge on any atom is 0.267 e. The van der Waals surface area contributed by atoms with E-state index in [4.69, 9.17) is 11.6 Å². The minimum Gasteiger partial charge on any atom is -0.388 e. The van der Waals surface area contributed by atoms with Crippen LogP contribution in [0.4, 0.5) is 4.39 Å². The first-order valence-corrected chi connectivity index (χ1v) is 17.1. The topological polar surface area (TPSA) is 114 Å². The van der Waals surface area contributed by atoms with Crippen LogP contribution in [0.5, 0.6) is 0 Å². The standard InChI is InChI=1S/C35H34ClFN6O4S/c1-40-14-9-25-31(40)39-21-43(33(25)45)20-35(47)11-16-41(17-12-35)32(44)24-10-15-42(19-26(24)22-6-3-2-4-7-22)34(46)29-28(37)27(30(36)48-29)23-8-5-13-38-18-23/h2-9,13-14,18,21,24,26,47H,10-12,15-17,19-20H2,1H3/t24-,26+/m1/s1. The quantitative estimate of drug-likeness (QED) is 0.270. The Morgan fingerprint density at radius 3 is 2.58 bits per heavy atom. The molecule has 2 aliphatic heterocycles. The zero-order valence-electron chi connectivity index (χ0n) is 26.3. The molecule has 0 saturated carbocycles. The third-order valence-corrected chi connectivity index (χ3v) is 11.1. The molecule has 2 saturated heterocycles. The van der Waals surface area contributed by atoms with Crippen molar-refractivity contribution in [2.45, 2.75) is 37.3 Å². The summed E-state index contributed by atoms with van der Waals surface area (Å²) in [4.78, 5) is 52.7. The van der Waals surface area contributed by atoms with Gasteiger partial charge in [-0.2, -0.15) is 0 Å². The molecule has 0 bridgehead atoms. The van der Waals surface area contributed by atoms with Crippen molar-refractivity contribution in [3.8, 4) is 11.1 Å². The molecule has 13 heteroatoms. The molecule has 2 aliphatic rings. The number of benzene rings is 1. The molecule has 6 heterocycles. The fourth-order valence-electron chi connectivity index (χ4n) is 7.03. The number of nitrogens with zero attached hydrogens (tertiary/aromatic N) is 6. The SMILES string of the molecule is Cn1ccc2c(=O)n(CC3(O)CCN(C(=O)[C@@H]4CCN(C(=O)c5sc(Cl)c(-c6cccnc6)c5F)C[C@H]4c4ccccc4)CC3)cnc21. The highest BCUT2D eigenvalue weighted by atomic mass is 35.5. The number of hydrogen-bond acceptors (Lipinski definition) is 7. The highest BCUT2D eigenvalue weighted by molar-refractivity contribution is 7.18. The Morgan fingerprint density at radius 1 is 1.08 bits per heavy atom. The normalized spacial score (nSPS) is 19.5. The first-order chi connectivity index (χ1) is 23.1. The Labute approximate surface area is 285 Å². The number of pyridine rings is 1. The van der Waals surface area contributed by atoms with Crippen LogP contribution in [0.2, 0.25) is 4.34 Å². The van der Waals surface area contributed by atoms with Crippen molar-refractivity contribution in [1.82, 2.24) is 28.9 Å². The number of aromatic nitrogens is 4. The van der Waals surface area contributed by atoms with Gasteiger partial charge in [-0.25, -0.2) is 9.37 Å². The van der Waals surface area contributed by atoms with Gasteiger partial charge in [-0.15, -0.1) is 11.3 Å². The fourth-order valence-corrected chi connectivity index (χ4v) is 8.35. The van der Waals surface area contributed by atoms with Crippen molar-refractivity contribution in [3.05, 3.63) is 104 Å². The molecule has 248 valence electrons. The van der Waals surface area contributed by atoms with Crippen molar-refractivity contribution >= 4 is 45.8 Å². The molecule has 2 amide bonds. The van der Waals surface area contributed by atoms with Gasteiger partial charge in [0.15, 0.2) is 5.82 Å². The lowest BCUT2D eigenvalue weighted by atomic mass is 9.79. The van der Waals surface area contributed by atoms with Crippen LogP contribution in [0.3, 0.4) is 0 Å². The third-order valence-electron chi connectivity index (χ3n) is 9.72.